The van der Waals surface area contributed by atoms with E-state index in [0.29, 0.717) is 0 Å². The van der Waals surface area contributed by atoms with Gasteiger partial charge in [-0.05, 0) is 49.2 Å². The number of ether oxygens (including phenoxy) is 2. The summed E-state index contributed by atoms with van der Waals surface area (Å²) in [5, 5.41) is 0. The first kappa shape index (κ1) is 13.5. The van der Waals surface area contributed by atoms with Crippen LogP contribution < -0.4 is 25.9 Å². The number of fused-ring (bicyclic) bond motifs is 3. The van der Waals surface area contributed by atoms with Gasteiger partial charge in [0.2, 0.25) is 7.14 Å². The van der Waals surface area contributed by atoms with Crippen LogP contribution in [0.4, 0.5) is 4.39 Å². The highest BCUT2D eigenvalue weighted by Gasteiger charge is 2.34. The molecule has 2 aliphatic heterocycles. The minimum Gasteiger partial charge on any atom is -0.465 e. The normalized spacial score (nSPS) is 20.0. The molecule has 4 heteroatoms. The summed E-state index contributed by atoms with van der Waals surface area (Å²) in [4.78, 5) is 0. The molecule has 2 nitrogen and oxygen atoms in total. The van der Waals surface area contributed by atoms with Gasteiger partial charge in [-0.2, -0.15) is 0 Å². The fourth-order valence-corrected chi connectivity index (χ4v) is 5.54. The molecule has 4 rings (SSSR count). The van der Waals surface area contributed by atoms with Crippen LogP contribution in [0.1, 0.15) is 19.3 Å². The minimum absolute atomic E-state index is 0.139. The van der Waals surface area contributed by atoms with Crippen molar-refractivity contribution in [2.75, 3.05) is 6.61 Å². The molecule has 2 heterocycles. The molecule has 108 valence electrons. The Morgan fingerprint density at radius 3 is 2.67 bits per heavy atom. The molecular formula is C17H15FIO2+. The van der Waals surface area contributed by atoms with Gasteiger partial charge in [0.1, 0.15) is 11.6 Å². The van der Waals surface area contributed by atoms with E-state index >= 15 is 0 Å². The van der Waals surface area contributed by atoms with E-state index in [1.807, 2.05) is 18.2 Å². The van der Waals surface area contributed by atoms with Gasteiger partial charge in [-0.1, -0.05) is 0 Å². The van der Waals surface area contributed by atoms with Crippen molar-refractivity contribution in [3.8, 4) is 16.9 Å². The summed E-state index contributed by atoms with van der Waals surface area (Å²) in [7, 11) is 0. The molecule has 1 atom stereocenters. The van der Waals surface area contributed by atoms with Crippen LogP contribution in [0.5, 0.6) is 5.75 Å². The lowest BCUT2D eigenvalue weighted by atomic mass is 10.1. The summed E-state index contributed by atoms with van der Waals surface area (Å²) < 4.78 is 27.7. The molecule has 21 heavy (non-hydrogen) atoms. The molecule has 1 saturated heterocycles. The maximum Gasteiger partial charge on any atom is 0.359 e. The van der Waals surface area contributed by atoms with Gasteiger partial charge in [0, 0.05) is 17.5 Å². The monoisotopic (exact) mass is 397 g/mol. The molecule has 1 unspecified atom stereocenters. The quantitative estimate of drug-likeness (QED) is 0.597. The van der Waals surface area contributed by atoms with E-state index in [2.05, 4.69) is 6.07 Å². The van der Waals surface area contributed by atoms with Crippen molar-refractivity contribution in [2.24, 2.45) is 0 Å². The third-order valence-corrected chi connectivity index (χ3v) is 6.81. The zero-order valence-corrected chi connectivity index (χ0v) is 13.6. The maximum atomic E-state index is 13.5. The second-order valence-corrected chi connectivity index (χ2v) is 8.14. The van der Waals surface area contributed by atoms with Crippen molar-refractivity contribution in [3.05, 3.63) is 49.4 Å². The summed E-state index contributed by atoms with van der Waals surface area (Å²) in [6.45, 7) is 0.773. The van der Waals surface area contributed by atoms with Gasteiger partial charge in [-0.15, -0.1) is 0 Å². The predicted octanol–water partition coefficient (Wildman–Crippen LogP) is 0.840. The number of benzene rings is 2. The number of hydrogen-bond acceptors (Lipinski definition) is 2. The molecule has 0 aliphatic carbocycles. The Kier molecular flexibility index (Phi) is 3.59. The summed E-state index contributed by atoms with van der Waals surface area (Å²) in [5.74, 6) is 0.648. The topological polar surface area (TPSA) is 18.5 Å². The van der Waals surface area contributed by atoms with E-state index < -0.39 is 0 Å². The van der Waals surface area contributed by atoms with Gasteiger partial charge < -0.3 is 9.47 Å². The van der Waals surface area contributed by atoms with Crippen molar-refractivity contribution < 1.29 is 35.1 Å². The minimum atomic E-state index is -0.197. The Bertz CT molecular complexity index is 680. The van der Waals surface area contributed by atoms with Crippen LogP contribution in [0.3, 0.4) is 0 Å². The highest BCUT2D eigenvalue weighted by molar-refractivity contribution is 5.66. The predicted molar refractivity (Wildman–Crippen MR) is 73.4 cm³/mol. The van der Waals surface area contributed by atoms with Crippen LogP contribution in [-0.4, -0.2) is 12.9 Å². The maximum absolute atomic E-state index is 13.5. The van der Waals surface area contributed by atoms with Crippen molar-refractivity contribution >= 4 is 0 Å². The lowest BCUT2D eigenvalue weighted by Gasteiger charge is -2.23. The Morgan fingerprint density at radius 2 is 1.86 bits per heavy atom. The molecule has 0 aromatic heterocycles. The van der Waals surface area contributed by atoms with Gasteiger partial charge in [0.05, 0.1) is 6.61 Å². The summed E-state index contributed by atoms with van der Waals surface area (Å²) >= 11 is -0.197. The number of hydrogen-bond donors (Lipinski definition) is 0. The van der Waals surface area contributed by atoms with Crippen LogP contribution in [0, 0.1) is 13.0 Å². The molecule has 0 radical (unpaired) electrons. The van der Waals surface area contributed by atoms with E-state index in [1.165, 1.54) is 7.14 Å². The van der Waals surface area contributed by atoms with Crippen molar-refractivity contribution in [1.82, 2.24) is 0 Å². The molecule has 0 spiro atoms. The largest absolute Gasteiger partial charge is 0.465 e. The number of rotatable bonds is 2. The Morgan fingerprint density at radius 1 is 1.05 bits per heavy atom. The Hall–Kier alpha value is -1.14. The van der Waals surface area contributed by atoms with Crippen molar-refractivity contribution in [1.29, 1.82) is 0 Å². The second-order valence-electron chi connectivity index (χ2n) is 5.27. The van der Waals surface area contributed by atoms with Crippen LogP contribution in [-0.2, 0) is 4.74 Å². The van der Waals surface area contributed by atoms with Gasteiger partial charge in [-0.3, -0.25) is 0 Å². The SMILES string of the molecule is Fc1ccc2c(c1)-c1cc(OC3CCCCO3)ccc1[I+]2. The molecule has 1 fully saturated rings. The summed E-state index contributed by atoms with van der Waals surface area (Å²) in [6, 6.07) is 11.3. The Labute approximate surface area is 133 Å². The van der Waals surface area contributed by atoms with E-state index in [-0.39, 0.29) is 33.3 Å². The average Bonchev–Trinajstić information content (AvgIpc) is 2.86. The van der Waals surface area contributed by atoms with E-state index in [0.717, 1.165) is 42.7 Å². The van der Waals surface area contributed by atoms with Crippen LogP contribution in [0.2, 0.25) is 0 Å². The van der Waals surface area contributed by atoms with Gasteiger partial charge in [0.15, 0.2) is 6.29 Å². The van der Waals surface area contributed by atoms with E-state index in [9.17, 15) is 4.39 Å². The zero-order chi connectivity index (χ0) is 14.2. The fraction of sp³-hybridized carbons (Fsp3) is 0.294. The molecule has 0 saturated carbocycles. The molecule has 0 N–H and O–H groups in total. The van der Waals surface area contributed by atoms with Crippen LogP contribution in [0.25, 0.3) is 11.1 Å². The lowest BCUT2D eigenvalue weighted by Crippen LogP contribution is -3.61. The second kappa shape index (κ2) is 5.57. The third-order valence-electron chi connectivity index (χ3n) is 3.77. The van der Waals surface area contributed by atoms with Crippen molar-refractivity contribution in [3.63, 3.8) is 0 Å². The molecule has 0 amide bonds. The highest BCUT2D eigenvalue weighted by Crippen LogP contribution is 2.28. The first-order valence-corrected chi connectivity index (χ1v) is 9.32. The lowest BCUT2D eigenvalue weighted by molar-refractivity contribution is -0.589. The molecular weight excluding hydrogens is 382 g/mol. The molecule has 2 aromatic rings. The standard InChI is InChI=1S/C17H15FIO2/c18-11-4-6-15-13(9-11)14-10-12(5-7-16(14)19-15)21-17-3-1-2-8-20-17/h4-7,9-10,17H,1-3,8H2/q+1. The zero-order valence-electron chi connectivity index (χ0n) is 11.4. The molecule has 2 aliphatic rings. The Balaban J connectivity index is 1.64. The van der Waals surface area contributed by atoms with Gasteiger partial charge in [-0.25, -0.2) is 4.39 Å². The van der Waals surface area contributed by atoms with Crippen LogP contribution >= 0.6 is 0 Å². The van der Waals surface area contributed by atoms with Crippen molar-refractivity contribution in [2.45, 2.75) is 25.6 Å². The molecule has 0 bridgehead atoms. The van der Waals surface area contributed by atoms with Gasteiger partial charge in [0.25, 0.3) is 0 Å². The smallest absolute Gasteiger partial charge is 0.359 e. The first-order chi connectivity index (χ1) is 10.3. The fourth-order valence-electron chi connectivity index (χ4n) is 2.72. The first-order valence-electron chi connectivity index (χ1n) is 7.17. The van der Waals surface area contributed by atoms with Crippen LogP contribution in [0.15, 0.2) is 36.4 Å². The highest BCUT2D eigenvalue weighted by atomic mass is 127. The third kappa shape index (κ3) is 2.66. The number of halogens is 2. The van der Waals surface area contributed by atoms with E-state index in [4.69, 9.17) is 9.47 Å². The average molecular weight is 397 g/mol. The summed E-state index contributed by atoms with van der Waals surface area (Å²) in [6.07, 6.45) is 3.06. The summed E-state index contributed by atoms with van der Waals surface area (Å²) in [5.41, 5.74) is 2.17. The molecule has 2 aromatic carbocycles. The van der Waals surface area contributed by atoms with Gasteiger partial charge >= 0.3 is 21.2 Å². The van der Waals surface area contributed by atoms with E-state index in [1.54, 1.807) is 12.1 Å².